The molecule has 0 aliphatic carbocycles. The van der Waals surface area contributed by atoms with Gasteiger partial charge in [0.15, 0.2) is 0 Å². The number of carbonyl (C=O) groups excluding carboxylic acids is 1. The van der Waals surface area contributed by atoms with Crippen molar-refractivity contribution < 1.29 is 14.7 Å². The van der Waals surface area contributed by atoms with Crippen LogP contribution in [0.5, 0.6) is 0 Å². The largest absolute Gasteiger partial charge is 0.481 e. The number of para-hydroxylation sites is 1. The zero-order valence-electron chi connectivity index (χ0n) is 13.8. The third-order valence-electron chi connectivity index (χ3n) is 3.99. The summed E-state index contributed by atoms with van der Waals surface area (Å²) in [6.45, 7) is 6.04. The van der Waals surface area contributed by atoms with Crippen molar-refractivity contribution in [2.45, 2.75) is 38.6 Å². The predicted octanol–water partition coefficient (Wildman–Crippen LogP) is 1.65. The maximum atomic E-state index is 12.8. The molecule has 24 heavy (non-hydrogen) atoms. The number of tetrazole rings is 1. The fourth-order valence-corrected chi connectivity index (χ4v) is 2.73. The number of hydrogen-bond donors (Lipinski definition) is 1. The van der Waals surface area contributed by atoms with Crippen molar-refractivity contribution in [1.29, 1.82) is 0 Å². The van der Waals surface area contributed by atoms with Crippen molar-refractivity contribution in [3.8, 4) is 0 Å². The number of aromatic nitrogens is 4. The minimum absolute atomic E-state index is 0.00787. The number of carbonyl (C=O) groups is 2. The lowest BCUT2D eigenvalue weighted by Crippen LogP contribution is -2.38. The lowest BCUT2D eigenvalue weighted by molar-refractivity contribution is -0.139. The highest BCUT2D eigenvalue weighted by Crippen LogP contribution is 2.35. The van der Waals surface area contributed by atoms with Crippen LogP contribution < -0.4 is 4.90 Å². The first-order valence-corrected chi connectivity index (χ1v) is 7.73. The second-order valence-corrected chi connectivity index (χ2v) is 6.77. The van der Waals surface area contributed by atoms with Crippen molar-refractivity contribution in [3.05, 3.63) is 35.7 Å². The molecule has 0 saturated carbocycles. The average molecular weight is 329 g/mol. The van der Waals surface area contributed by atoms with Crippen molar-refractivity contribution in [2.75, 3.05) is 11.4 Å². The molecule has 1 aliphatic rings. The molecular weight excluding hydrogens is 310 g/mol. The van der Waals surface area contributed by atoms with Crippen molar-refractivity contribution in [2.24, 2.45) is 0 Å². The zero-order chi connectivity index (χ0) is 17.5. The standard InChI is InChI=1S/C16H19N5O3/c1-16(2,3)21-18-13(17-19-21)14(22)20-9-8-11(15(23)24)10-6-4-5-7-12(10)20/h4-7,11H,8-9H2,1-3H3,(H,23,24). The van der Waals surface area contributed by atoms with E-state index >= 15 is 0 Å². The molecule has 0 fully saturated rings. The van der Waals surface area contributed by atoms with Crippen LogP contribution in [-0.2, 0) is 10.3 Å². The van der Waals surface area contributed by atoms with Gasteiger partial charge in [-0.05, 0) is 44.0 Å². The van der Waals surface area contributed by atoms with E-state index in [-0.39, 0.29) is 17.3 Å². The second kappa shape index (κ2) is 5.70. The molecule has 1 aliphatic heterocycles. The molecule has 126 valence electrons. The Bertz CT molecular complexity index is 793. The van der Waals surface area contributed by atoms with Gasteiger partial charge in [0.25, 0.3) is 11.7 Å². The van der Waals surface area contributed by atoms with E-state index < -0.39 is 11.9 Å². The fourth-order valence-electron chi connectivity index (χ4n) is 2.73. The highest BCUT2D eigenvalue weighted by atomic mass is 16.4. The van der Waals surface area contributed by atoms with Gasteiger partial charge in [-0.1, -0.05) is 18.2 Å². The molecule has 1 atom stereocenters. The molecule has 2 heterocycles. The molecule has 0 saturated heterocycles. The van der Waals surface area contributed by atoms with Gasteiger partial charge in [0.2, 0.25) is 0 Å². The molecule has 3 rings (SSSR count). The van der Waals surface area contributed by atoms with Crippen molar-refractivity contribution >= 4 is 17.6 Å². The Hall–Kier alpha value is -2.77. The van der Waals surface area contributed by atoms with E-state index in [0.29, 0.717) is 24.2 Å². The van der Waals surface area contributed by atoms with Gasteiger partial charge in [0, 0.05) is 12.2 Å². The van der Waals surface area contributed by atoms with Gasteiger partial charge in [0.1, 0.15) is 0 Å². The molecule has 1 aromatic carbocycles. The van der Waals surface area contributed by atoms with Crippen LogP contribution in [-0.4, -0.2) is 43.7 Å². The number of benzene rings is 1. The number of hydrogen-bond acceptors (Lipinski definition) is 5. The Balaban J connectivity index is 1.95. The van der Waals surface area contributed by atoms with E-state index in [2.05, 4.69) is 15.4 Å². The molecule has 1 N–H and O–H groups in total. The van der Waals surface area contributed by atoms with E-state index in [4.69, 9.17) is 0 Å². The van der Waals surface area contributed by atoms with Crippen LogP contribution in [0.1, 0.15) is 49.3 Å². The number of aliphatic carboxylic acids is 1. The predicted molar refractivity (Wildman–Crippen MR) is 85.9 cm³/mol. The number of rotatable bonds is 2. The zero-order valence-corrected chi connectivity index (χ0v) is 13.8. The highest BCUT2D eigenvalue weighted by Gasteiger charge is 2.34. The SMILES string of the molecule is CC(C)(C)n1nnc(C(=O)N2CCC(C(=O)O)c3ccccc32)n1. The number of anilines is 1. The molecule has 0 spiro atoms. The first-order chi connectivity index (χ1) is 11.3. The maximum Gasteiger partial charge on any atom is 0.311 e. The Morgan fingerprint density at radius 1 is 1.25 bits per heavy atom. The molecule has 1 amide bonds. The summed E-state index contributed by atoms with van der Waals surface area (Å²) < 4.78 is 0. The van der Waals surface area contributed by atoms with Crippen LogP contribution in [0.15, 0.2) is 24.3 Å². The van der Waals surface area contributed by atoms with Crippen LogP contribution >= 0.6 is 0 Å². The van der Waals surface area contributed by atoms with Gasteiger partial charge in [0.05, 0.1) is 11.5 Å². The summed E-state index contributed by atoms with van der Waals surface area (Å²) in [6, 6.07) is 7.04. The molecule has 0 bridgehead atoms. The molecule has 2 aromatic rings. The Labute approximate surface area is 139 Å². The summed E-state index contributed by atoms with van der Waals surface area (Å²) in [4.78, 5) is 27.1. The van der Waals surface area contributed by atoms with Crippen LogP contribution in [0, 0.1) is 0 Å². The third-order valence-corrected chi connectivity index (χ3v) is 3.99. The third kappa shape index (κ3) is 2.75. The van der Waals surface area contributed by atoms with E-state index in [0.717, 1.165) is 0 Å². The van der Waals surface area contributed by atoms with Gasteiger partial charge < -0.3 is 10.0 Å². The number of carboxylic acid groups (broad SMARTS) is 1. The van der Waals surface area contributed by atoms with E-state index in [1.165, 1.54) is 9.70 Å². The smallest absolute Gasteiger partial charge is 0.311 e. The number of nitrogens with zero attached hydrogens (tertiary/aromatic N) is 5. The quantitative estimate of drug-likeness (QED) is 0.899. The van der Waals surface area contributed by atoms with Crippen LogP contribution in [0.25, 0.3) is 0 Å². The van der Waals surface area contributed by atoms with Crippen molar-refractivity contribution in [3.63, 3.8) is 0 Å². The molecule has 1 unspecified atom stereocenters. The number of fused-ring (bicyclic) bond motifs is 1. The van der Waals surface area contributed by atoms with Gasteiger partial charge in [-0.3, -0.25) is 9.59 Å². The highest BCUT2D eigenvalue weighted by molar-refractivity contribution is 6.04. The minimum Gasteiger partial charge on any atom is -0.481 e. The molecule has 1 aromatic heterocycles. The van der Waals surface area contributed by atoms with Crippen LogP contribution in [0.4, 0.5) is 5.69 Å². The van der Waals surface area contributed by atoms with Gasteiger partial charge >= 0.3 is 5.97 Å². The minimum atomic E-state index is -0.883. The summed E-state index contributed by atoms with van der Waals surface area (Å²) in [5.74, 6) is -1.86. The summed E-state index contributed by atoms with van der Waals surface area (Å²) in [5, 5.41) is 21.3. The first kappa shape index (κ1) is 16.1. The number of amides is 1. The van der Waals surface area contributed by atoms with E-state index in [1.807, 2.05) is 20.8 Å². The van der Waals surface area contributed by atoms with Gasteiger partial charge in [-0.25, -0.2) is 0 Å². The molecular formula is C16H19N5O3. The van der Waals surface area contributed by atoms with Gasteiger partial charge in [-0.2, -0.15) is 4.80 Å². The molecule has 8 nitrogen and oxygen atoms in total. The van der Waals surface area contributed by atoms with E-state index in [9.17, 15) is 14.7 Å². The van der Waals surface area contributed by atoms with Crippen LogP contribution in [0.3, 0.4) is 0 Å². The summed E-state index contributed by atoms with van der Waals surface area (Å²) in [7, 11) is 0. The van der Waals surface area contributed by atoms with Gasteiger partial charge in [-0.15, -0.1) is 10.2 Å². The summed E-state index contributed by atoms with van der Waals surface area (Å²) >= 11 is 0. The fraction of sp³-hybridized carbons (Fsp3) is 0.438. The van der Waals surface area contributed by atoms with Crippen LogP contribution in [0.2, 0.25) is 0 Å². The monoisotopic (exact) mass is 329 g/mol. The lowest BCUT2D eigenvalue weighted by Gasteiger charge is -2.31. The van der Waals surface area contributed by atoms with E-state index in [1.54, 1.807) is 24.3 Å². The maximum absolute atomic E-state index is 12.8. The lowest BCUT2D eigenvalue weighted by atomic mass is 9.90. The molecule has 8 heteroatoms. The van der Waals surface area contributed by atoms with Crippen molar-refractivity contribution in [1.82, 2.24) is 20.2 Å². The normalized spacial score (nSPS) is 17.5. The Morgan fingerprint density at radius 3 is 2.58 bits per heavy atom. The first-order valence-electron chi connectivity index (χ1n) is 7.73. The Kier molecular flexibility index (Phi) is 3.82. The summed E-state index contributed by atoms with van der Waals surface area (Å²) in [5.41, 5.74) is 0.848. The Morgan fingerprint density at radius 2 is 1.96 bits per heavy atom. The topological polar surface area (TPSA) is 101 Å². The second-order valence-electron chi connectivity index (χ2n) is 6.77. The number of carboxylic acids is 1. The average Bonchev–Trinajstić information content (AvgIpc) is 3.03. The summed E-state index contributed by atoms with van der Waals surface area (Å²) in [6.07, 6.45) is 0.353. The molecule has 0 radical (unpaired) electrons.